The van der Waals surface area contributed by atoms with Crippen LogP contribution in [0.4, 0.5) is 17.3 Å². The van der Waals surface area contributed by atoms with Crippen molar-refractivity contribution in [3.05, 3.63) is 95.8 Å². The molecule has 0 unspecified atom stereocenters. The number of esters is 1. The molecule has 0 aliphatic rings. The Kier molecular flexibility index (Phi) is 6.68. The summed E-state index contributed by atoms with van der Waals surface area (Å²) in [5, 5.41) is 19.2. The van der Waals surface area contributed by atoms with E-state index in [-0.39, 0.29) is 18.0 Å². The van der Waals surface area contributed by atoms with Gasteiger partial charge in [0.15, 0.2) is 16.6 Å². The monoisotopic (exact) mass is 510 g/mol. The Bertz CT molecular complexity index is 1590. The van der Waals surface area contributed by atoms with Crippen LogP contribution in [0, 0.1) is 6.92 Å². The zero-order valence-corrected chi connectivity index (χ0v) is 20.6. The third-order valence-electron chi connectivity index (χ3n) is 5.46. The molecule has 0 atom stereocenters. The second-order valence-electron chi connectivity index (χ2n) is 8.10. The molecule has 0 bridgehead atoms. The van der Waals surface area contributed by atoms with Gasteiger partial charge in [-0.25, -0.2) is 9.78 Å². The summed E-state index contributed by atoms with van der Waals surface area (Å²) in [5.41, 5.74) is 10.7. The Balaban J connectivity index is 1.23. The van der Waals surface area contributed by atoms with Crippen molar-refractivity contribution in [1.82, 2.24) is 24.8 Å². The predicted octanol–water partition coefficient (Wildman–Crippen LogP) is 4.24. The van der Waals surface area contributed by atoms with E-state index in [9.17, 15) is 4.79 Å². The minimum absolute atomic E-state index is 0.00812. The minimum Gasteiger partial charge on any atom is -0.457 e. The van der Waals surface area contributed by atoms with Crippen molar-refractivity contribution in [3.63, 3.8) is 0 Å². The quantitative estimate of drug-likeness (QED) is 0.225. The first-order valence-corrected chi connectivity index (χ1v) is 11.7. The first-order valence-electron chi connectivity index (χ1n) is 11.3. The van der Waals surface area contributed by atoms with E-state index in [2.05, 4.69) is 30.9 Å². The Labute approximate surface area is 217 Å². The number of nitrogens with zero attached hydrogens (tertiary/aromatic N) is 5. The van der Waals surface area contributed by atoms with Crippen LogP contribution in [0.3, 0.4) is 0 Å². The second-order valence-corrected chi connectivity index (χ2v) is 8.50. The van der Waals surface area contributed by atoms with Gasteiger partial charge in [0, 0.05) is 29.1 Å². The number of aryl methyl sites for hydroxylation is 1. The highest BCUT2D eigenvalue weighted by atomic mass is 32.1. The highest BCUT2D eigenvalue weighted by molar-refractivity contribution is 7.80. The maximum absolute atomic E-state index is 12.7. The first-order chi connectivity index (χ1) is 18.0. The standard InChI is InChI=1S/C26H22N8O2S/c1-16-13-23-28-14-19(24(27)34(23)33-16)25(35)36-15-18-9-5-6-10-20(18)29-26(37)30-22-12-11-21(31-32-22)17-7-3-2-4-8-17/h2-14H,15,27H2,1H3,(H2,29,30,32,37). The lowest BCUT2D eigenvalue weighted by Gasteiger charge is -2.14. The number of carbonyl (C=O) groups excluding carboxylic acids is 1. The maximum Gasteiger partial charge on any atom is 0.343 e. The van der Waals surface area contributed by atoms with Crippen molar-refractivity contribution in [2.24, 2.45) is 0 Å². The molecule has 0 aliphatic carbocycles. The van der Waals surface area contributed by atoms with Gasteiger partial charge in [0.1, 0.15) is 18.0 Å². The van der Waals surface area contributed by atoms with E-state index in [1.54, 1.807) is 12.1 Å². The van der Waals surface area contributed by atoms with Gasteiger partial charge in [0.05, 0.1) is 11.4 Å². The van der Waals surface area contributed by atoms with Gasteiger partial charge in [0.25, 0.3) is 0 Å². The molecule has 37 heavy (non-hydrogen) atoms. The molecule has 0 amide bonds. The van der Waals surface area contributed by atoms with Gasteiger partial charge in [-0.2, -0.15) is 9.61 Å². The van der Waals surface area contributed by atoms with Gasteiger partial charge in [-0.3, -0.25) is 0 Å². The van der Waals surface area contributed by atoms with Crippen molar-refractivity contribution in [3.8, 4) is 11.3 Å². The number of anilines is 3. The van der Waals surface area contributed by atoms with E-state index >= 15 is 0 Å². The Morgan fingerprint density at radius 3 is 2.59 bits per heavy atom. The number of nitrogens with one attached hydrogen (secondary N) is 2. The summed E-state index contributed by atoms with van der Waals surface area (Å²) in [5.74, 6) is 0.0527. The van der Waals surface area contributed by atoms with Crippen molar-refractivity contribution < 1.29 is 9.53 Å². The highest BCUT2D eigenvalue weighted by Gasteiger charge is 2.17. The van der Waals surface area contributed by atoms with Crippen LogP contribution in [0.25, 0.3) is 16.9 Å². The van der Waals surface area contributed by atoms with Crippen LogP contribution in [-0.2, 0) is 11.3 Å². The molecule has 4 N–H and O–H groups in total. The van der Waals surface area contributed by atoms with Crippen LogP contribution in [-0.4, -0.2) is 35.9 Å². The fourth-order valence-corrected chi connectivity index (χ4v) is 3.86. The number of nitrogen functional groups attached to an aromatic ring is 1. The number of carbonyl (C=O) groups is 1. The lowest BCUT2D eigenvalue weighted by Crippen LogP contribution is -2.21. The third kappa shape index (κ3) is 5.36. The molecular weight excluding hydrogens is 488 g/mol. The molecule has 0 fully saturated rings. The second kappa shape index (κ2) is 10.4. The fraction of sp³-hybridized carbons (Fsp3) is 0.0769. The molecule has 2 aromatic carbocycles. The Morgan fingerprint density at radius 2 is 1.81 bits per heavy atom. The topological polar surface area (TPSA) is 132 Å². The summed E-state index contributed by atoms with van der Waals surface area (Å²) in [4.78, 5) is 17.0. The van der Waals surface area contributed by atoms with Gasteiger partial charge in [-0.15, -0.1) is 10.2 Å². The number of fused-ring (bicyclic) bond motifs is 1. The average Bonchev–Trinajstić information content (AvgIpc) is 3.30. The molecule has 0 spiro atoms. The molecule has 0 saturated carbocycles. The molecule has 3 aromatic heterocycles. The molecule has 0 radical (unpaired) electrons. The smallest absolute Gasteiger partial charge is 0.343 e. The van der Waals surface area contributed by atoms with Gasteiger partial charge < -0.3 is 21.1 Å². The zero-order valence-electron chi connectivity index (χ0n) is 19.8. The Hall–Kier alpha value is -4.90. The molecule has 5 rings (SSSR count). The van der Waals surface area contributed by atoms with Crippen molar-refractivity contribution in [2.45, 2.75) is 13.5 Å². The number of aromatic nitrogens is 5. The van der Waals surface area contributed by atoms with E-state index < -0.39 is 5.97 Å². The number of nitrogens with two attached hydrogens (primary N) is 1. The van der Waals surface area contributed by atoms with E-state index in [4.69, 9.17) is 22.7 Å². The van der Waals surface area contributed by atoms with Crippen LogP contribution in [0.2, 0.25) is 0 Å². The number of ether oxygens (including phenoxy) is 1. The number of rotatable bonds is 6. The molecule has 11 heteroatoms. The molecule has 3 heterocycles. The van der Waals surface area contributed by atoms with E-state index in [1.165, 1.54) is 10.7 Å². The fourth-order valence-electron chi connectivity index (χ4n) is 3.64. The molecule has 0 saturated heterocycles. The van der Waals surface area contributed by atoms with Crippen LogP contribution in [0.5, 0.6) is 0 Å². The average molecular weight is 511 g/mol. The summed E-state index contributed by atoms with van der Waals surface area (Å²) in [7, 11) is 0. The van der Waals surface area contributed by atoms with Crippen LogP contribution in [0.15, 0.2) is 79.0 Å². The summed E-state index contributed by atoms with van der Waals surface area (Å²) in [6, 6.07) is 22.6. The van der Waals surface area contributed by atoms with Crippen LogP contribution >= 0.6 is 12.2 Å². The number of thiocarbonyl (C=S) groups is 1. The molecular formula is C26H22N8O2S. The zero-order chi connectivity index (χ0) is 25.8. The summed E-state index contributed by atoms with van der Waals surface area (Å²) < 4.78 is 6.94. The summed E-state index contributed by atoms with van der Waals surface area (Å²) in [6.07, 6.45) is 1.39. The maximum atomic E-state index is 12.7. The number of hydrogen-bond acceptors (Lipinski definition) is 8. The normalized spacial score (nSPS) is 10.7. The molecule has 10 nitrogen and oxygen atoms in total. The van der Waals surface area contributed by atoms with Crippen molar-refractivity contribution >= 4 is 46.3 Å². The van der Waals surface area contributed by atoms with Crippen molar-refractivity contribution in [1.29, 1.82) is 0 Å². The lowest BCUT2D eigenvalue weighted by molar-refractivity contribution is 0.0474. The first kappa shape index (κ1) is 23.8. The van der Waals surface area contributed by atoms with E-state index in [0.717, 1.165) is 17.0 Å². The summed E-state index contributed by atoms with van der Waals surface area (Å²) in [6.45, 7) is 1.81. The minimum atomic E-state index is -0.607. The van der Waals surface area contributed by atoms with E-state index in [0.29, 0.717) is 27.8 Å². The van der Waals surface area contributed by atoms with Crippen molar-refractivity contribution in [2.75, 3.05) is 16.4 Å². The predicted molar refractivity (Wildman–Crippen MR) is 145 cm³/mol. The number of benzene rings is 2. The van der Waals surface area contributed by atoms with E-state index in [1.807, 2.05) is 67.6 Å². The van der Waals surface area contributed by atoms with Crippen LogP contribution < -0.4 is 16.4 Å². The van der Waals surface area contributed by atoms with Crippen LogP contribution in [0.1, 0.15) is 21.6 Å². The molecule has 5 aromatic rings. The molecule has 0 aliphatic heterocycles. The largest absolute Gasteiger partial charge is 0.457 e. The number of hydrogen-bond donors (Lipinski definition) is 3. The molecule has 184 valence electrons. The number of para-hydroxylation sites is 1. The SMILES string of the molecule is Cc1cc2ncc(C(=O)OCc3ccccc3NC(=S)Nc3ccc(-c4ccccc4)nn3)c(N)n2n1. The van der Waals surface area contributed by atoms with Gasteiger partial charge >= 0.3 is 5.97 Å². The highest BCUT2D eigenvalue weighted by Crippen LogP contribution is 2.20. The Morgan fingerprint density at radius 1 is 1.03 bits per heavy atom. The lowest BCUT2D eigenvalue weighted by atomic mass is 10.1. The third-order valence-corrected chi connectivity index (χ3v) is 5.67. The summed E-state index contributed by atoms with van der Waals surface area (Å²) >= 11 is 5.45. The van der Waals surface area contributed by atoms with Gasteiger partial charge in [-0.1, -0.05) is 48.5 Å². The van der Waals surface area contributed by atoms with Gasteiger partial charge in [0.2, 0.25) is 0 Å². The van der Waals surface area contributed by atoms with Gasteiger partial charge in [-0.05, 0) is 37.3 Å².